The van der Waals surface area contributed by atoms with Crippen LogP contribution in [0.5, 0.6) is 5.88 Å². The van der Waals surface area contributed by atoms with Crippen molar-refractivity contribution in [1.29, 1.82) is 0 Å². The molecule has 0 aliphatic rings. The second-order valence-corrected chi connectivity index (χ2v) is 8.47. The van der Waals surface area contributed by atoms with Crippen molar-refractivity contribution >= 4 is 39.3 Å². The highest BCUT2D eigenvalue weighted by Crippen LogP contribution is 2.24. The van der Waals surface area contributed by atoms with E-state index in [0.717, 1.165) is 24.8 Å². The quantitative estimate of drug-likeness (QED) is 0.374. The molecular weight excluding hydrogens is 408 g/mol. The highest BCUT2D eigenvalue weighted by atomic mass is 32.2. The van der Waals surface area contributed by atoms with Crippen molar-refractivity contribution < 1.29 is 23.1 Å². The van der Waals surface area contributed by atoms with E-state index in [1.165, 1.54) is 24.3 Å². The van der Waals surface area contributed by atoms with Gasteiger partial charge in [-0.25, -0.2) is 13.1 Å². The molecule has 150 valence electrons. The molecule has 1 heterocycles. The maximum atomic E-state index is 12.5. The fourth-order valence-electron chi connectivity index (χ4n) is 2.12. The lowest BCUT2D eigenvalue weighted by atomic mass is 10.3. The van der Waals surface area contributed by atoms with Crippen LogP contribution in [-0.2, 0) is 19.6 Å². The number of hydrogen-bond acceptors (Lipinski definition) is 8. The summed E-state index contributed by atoms with van der Waals surface area (Å²) in [6.45, 7) is 2.85. The van der Waals surface area contributed by atoms with Gasteiger partial charge in [-0.2, -0.15) is 4.98 Å². The van der Waals surface area contributed by atoms with Gasteiger partial charge in [0.25, 0.3) is 15.6 Å². The Balaban J connectivity index is 2.10. The second-order valence-electron chi connectivity index (χ2n) is 5.60. The van der Waals surface area contributed by atoms with Crippen molar-refractivity contribution in [3.05, 3.63) is 40.7 Å². The molecule has 0 bridgehead atoms. The van der Waals surface area contributed by atoms with Crippen LogP contribution in [-0.4, -0.2) is 40.6 Å². The zero-order valence-electron chi connectivity index (χ0n) is 14.9. The number of H-pyrrole nitrogens is 1. The van der Waals surface area contributed by atoms with Gasteiger partial charge in [-0.3, -0.25) is 14.4 Å². The van der Waals surface area contributed by atoms with Crippen molar-refractivity contribution in [1.82, 2.24) is 14.7 Å². The molecule has 1 unspecified atom stereocenters. The fourth-order valence-corrected chi connectivity index (χ4v) is 4.02. The van der Waals surface area contributed by atoms with E-state index >= 15 is 0 Å². The van der Waals surface area contributed by atoms with Crippen LogP contribution in [0.3, 0.4) is 0 Å². The van der Waals surface area contributed by atoms with E-state index in [0.29, 0.717) is 12.1 Å². The lowest BCUT2D eigenvalue weighted by Gasteiger charge is -2.14. The zero-order chi connectivity index (χ0) is 20.9. The first-order valence-corrected chi connectivity index (χ1v) is 10.4. The number of nitrogens with zero attached hydrogens (tertiary/aromatic N) is 1. The molecule has 0 fully saturated rings. The van der Waals surface area contributed by atoms with Crippen LogP contribution in [0.4, 0.5) is 5.69 Å². The van der Waals surface area contributed by atoms with E-state index in [-0.39, 0.29) is 10.1 Å². The van der Waals surface area contributed by atoms with Crippen LogP contribution in [0.15, 0.2) is 45.2 Å². The second kappa shape index (κ2) is 8.89. The maximum absolute atomic E-state index is 12.5. The van der Waals surface area contributed by atoms with Crippen LogP contribution in [0.1, 0.15) is 20.3 Å². The summed E-state index contributed by atoms with van der Waals surface area (Å²) >= 11 is 0.977. The molecule has 10 nitrogen and oxygen atoms in total. The minimum absolute atomic E-state index is 0.101. The van der Waals surface area contributed by atoms with Gasteiger partial charge in [-0.15, -0.1) is 0 Å². The van der Waals surface area contributed by atoms with Gasteiger partial charge in [0.1, 0.15) is 0 Å². The normalized spacial score (nSPS) is 12.2. The van der Waals surface area contributed by atoms with Crippen molar-refractivity contribution in [3.8, 4) is 5.88 Å². The number of aromatic hydroxyl groups is 1. The highest BCUT2D eigenvalue weighted by molar-refractivity contribution is 8.00. The summed E-state index contributed by atoms with van der Waals surface area (Å²) in [5.41, 5.74) is -0.190. The molecule has 1 atom stereocenters. The van der Waals surface area contributed by atoms with Gasteiger partial charge in [-0.05, 0) is 30.7 Å². The van der Waals surface area contributed by atoms with Gasteiger partial charge >= 0.3 is 0 Å². The Morgan fingerprint density at radius 1 is 1.29 bits per heavy atom. The van der Waals surface area contributed by atoms with Crippen molar-refractivity contribution in [2.75, 3.05) is 5.32 Å². The van der Waals surface area contributed by atoms with Gasteiger partial charge in [0, 0.05) is 12.6 Å². The molecule has 0 radical (unpaired) electrons. The van der Waals surface area contributed by atoms with Gasteiger partial charge in [0.15, 0.2) is 5.16 Å². The standard InChI is InChI=1S/C16H18N4O6S2/c1-3-12(27-16-18-13(22)8-14(23)19-16)15(24)17-10-4-6-11(7-5-10)28(25,26)20-9(2)21/h4-8,12H,3H2,1-2H3,(H,17,24)(H,20,21)(H2,18,19,22,23). The van der Waals surface area contributed by atoms with Crippen LogP contribution in [0.25, 0.3) is 0 Å². The van der Waals surface area contributed by atoms with Crippen LogP contribution in [0, 0.1) is 0 Å². The number of aromatic amines is 1. The number of nitrogens with one attached hydrogen (secondary N) is 3. The molecular formula is C16H18N4O6S2. The molecule has 4 N–H and O–H groups in total. The van der Waals surface area contributed by atoms with Crippen LogP contribution in [0.2, 0.25) is 0 Å². The number of thioether (sulfide) groups is 1. The van der Waals surface area contributed by atoms with E-state index in [9.17, 15) is 27.9 Å². The smallest absolute Gasteiger partial charge is 0.264 e. The Labute approximate surface area is 164 Å². The maximum Gasteiger partial charge on any atom is 0.264 e. The molecule has 2 amide bonds. The Kier molecular flexibility index (Phi) is 6.80. The zero-order valence-corrected chi connectivity index (χ0v) is 16.6. The molecule has 0 aliphatic heterocycles. The molecule has 0 aliphatic carbocycles. The number of benzene rings is 1. The van der Waals surface area contributed by atoms with Crippen LogP contribution < -0.4 is 15.6 Å². The Hall–Kier alpha value is -2.86. The number of sulfonamides is 1. The number of hydrogen-bond donors (Lipinski definition) is 4. The molecule has 12 heteroatoms. The summed E-state index contributed by atoms with van der Waals surface area (Å²) in [4.78, 5) is 40.8. The molecule has 28 heavy (non-hydrogen) atoms. The lowest BCUT2D eigenvalue weighted by Crippen LogP contribution is -2.28. The summed E-state index contributed by atoms with van der Waals surface area (Å²) in [6.07, 6.45) is 0.408. The Morgan fingerprint density at radius 3 is 2.46 bits per heavy atom. The fraction of sp³-hybridized carbons (Fsp3) is 0.250. The third-order valence-electron chi connectivity index (χ3n) is 3.33. The van der Waals surface area contributed by atoms with Gasteiger partial charge in [-0.1, -0.05) is 18.7 Å². The average Bonchev–Trinajstić information content (AvgIpc) is 2.58. The molecule has 1 aromatic heterocycles. The number of carbonyl (C=O) groups excluding carboxylic acids is 2. The predicted octanol–water partition coefficient (Wildman–Crippen LogP) is 0.810. The first-order valence-electron chi connectivity index (χ1n) is 8.02. The molecule has 0 saturated carbocycles. The SMILES string of the molecule is CCC(Sc1nc(O)cc(=O)[nH]1)C(=O)Nc1ccc(S(=O)(=O)NC(C)=O)cc1. The van der Waals surface area contributed by atoms with E-state index in [1.807, 2.05) is 4.72 Å². The largest absolute Gasteiger partial charge is 0.493 e. The highest BCUT2D eigenvalue weighted by Gasteiger charge is 2.20. The van der Waals surface area contributed by atoms with E-state index in [2.05, 4.69) is 15.3 Å². The van der Waals surface area contributed by atoms with E-state index in [4.69, 9.17) is 0 Å². The summed E-state index contributed by atoms with van der Waals surface area (Å²) in [6, 6.07) is 6.20. The summed E-state index contributed by atoms with van der Waals surface area (Å²) in [5.74, 6) is -1.55. The van der Waals surface area contributed by atoms with Crippen LogP contribution >= 0.6 is 11.8 Å². The van der Waals surface area contributed by atoms with Crippen molar-refractivity contribution in [2.24, 2.45) is 0 Å². The third kappa shape index (κ3) is 5.82. The molecule has 0 saturated heterocycles. The number of rotatable bonds is 7. The minimum atomic E-state index is -3.96. The first-order chi connectivity index (χ1) is 13.1. The predicted molar refractivity (Wildman–Crippen MR) is 103 cm³/mol. The summed E-state index contributed by atoms with van der Waals surface area (Å²) < 4.78 is 25.7. The molecule has 0 spiro atoms. The van der Waals surface area contributed by atoms with E-state index < -0.39 is 38.5 Å². The molecule has 1 aromatic carbocycles. The van der Waals surface area contributed by atoms with E-state index in [1.54, 1.807) is 6.92 Å². The lowest BCUT2D eigenvalue weighted by molar-refractivity contribution is -0.117. The summed E-state index contributed by atoms with van der Waals surface area (Å²) in [7, 11) is -3.96. The Morgan fingerprint density at radius 2 is 1.93 bits per heavy atom. The van der Waals surface area contributed by atoms with Gasteiger partial charge < -0.3 is 15.4 Å². The van der Waals surface area contributed by atoms with Crippen molar-refractivity contribution in [3.63, 3.8) is 0 Å². The monoisotopic (exact) mass is 426 g/mol. The van der Waals surface area contributed by atoms with Crippen molar-refractivity contribution in [2.45, 2.75) is 35.6 Å². The number of aromatic nitrogens is 2. The number of carbonyl (C=O) groups is 2. The molecule has 2 aromatic rings. The average molecular weight is 426 g/mol. The number of amides is 2. The number of anilines is 1. The Bertz CT molecular complexity index is 1030. The van der Waals surface area contributed by atoms with Gasteiger partial charge in [0.05, 0.1) is 16.2 Å². The van der Waals surface area contributed by atoms with Gasteiger partial charge in [0.2, 0.25) is 17.7 Å². The minimum Gasteiger partial charge on any atom is -0.493 e. The molecule has 2 rings (SSSR count). The summed E-state index contributed by atoms with van der Waals surface area (Å²) in [5, 5.41) is 11.5. The first kappa shape index (κ1) is 21.4. The topological polar surface area (TPSA) is 158 Å². The third-order valence-corrected chi connectivity index (χ3v) is 6.03.